The Morgan fingerprint density at radius 3 is 2.28 bits per heavy atom. The zero-order chi connectivity index (χ0) is 28.9. The fourth-order valence-corrected chi connectivity index (χ4v) is 8.66. The number of amides is 1. The highest BCUT2D eigenvalue weighted by atomic mass is 32.2. The lowest BCUT2D eigenvalue weighted by Gasteiger charge is -2.65. The van der Waals surface area contributed by atoms with E-state index in [1.807, 2.05) is 18.2 Å². The maximum atomic E-state index is 12.3. The standard InChI is InChI=1S/C23H28N2O4.C2H6O6S2/c1-25(14-16-5-4-12-29-16)11-10-22-8-2-3-9-23(22,28)18(25)13-15-6-7-17(21(24)27)20(26)19(15)22;3-9(4,5)1-2-10(6,7)8/h4-7,12,18,28H,2-3,8-11,13-14H2,1H3,(H2-,24,26,27);1-2H2,(H,3,4,5)(H,6,7,8)/p+1/t18-,22+,23-,25?;/m1./s1. The Balaban J connectivity index is 0.000000303. The molecule has 2 heterocycles. The fraction of sp³-hybridized carbons (Fsp3) is 0.560. The summed E-state index contributed by atoms with van der Waals surface area (Å²) in [5.74, 6) is -1.68. The molecule has 1 saturated heterocycles. The van der Waals surface area contributed by atoms with Crippen LogP contribution in [0.1, 0.15) is 59.3 Å². The van der Waals surface area contributed by atoms with Crippen molar-refractivity contribution >= 4 is 26.1 Å². The van der Waals surface area contributed by atoms with Gasteiger partial charge in [0.05, 0.1) is 36.9 Å². The summed E-state index contributed by atoms with van der Waals surface area (Å²) in [5.41, 5.74) is 6.03. The molecule has 0 spiro atoms. The number of benzene rings is 1. The summed E-state index contributed by atoms with van der Waals surface area (Å²) in [7, 11) is -6.38. The number of hydrogen-bond donors (Lipinski definition) is 5. The van der Waals surface area contributed by atoms with E-state index in [0.717, 1.165) is 55.7 Å². The average molecular weight is 588 g/mol. The molecule has 5 rings (SSSR count). The number of primary amides is 1. The van der Waals surface area contributed by atoms with E-state index in [1.54, 1.807) is 12.3 Å². The van der Waals surface area contributed by atoms with E-state index < -0.39 is 48.7 Å². The Labute approximate surface area is 227 Å². The van der Waals surface area contributed by atoms with E-state index >= 15 is 0 Å². The summed E-state index contributed by atoms with van der Waals surface area (Å²) in [6.07, 6.45) is 6.65. The number of fused-ring (bicyclic) bond motifs is 1. The van der Waals surface area contributed by atoms with Crippen LogP contribution < -0.4 is 5.73 Å². The number of furan rings is 1. The van der Waals surface area contributed by atoms with Crippen LogP contribution in [-0.4, -0.2) is 83.3 Å². The predicted molar refractivity (Wildman–Crippen MR) is 140 cm³/mol. The first-order valence-corrected chi connectivity index (χ1v) is 15.9. The van der Waals surface area contributed by atoms with Crippen LogP contribution in [0.3, 0.4) is 0 Å². The molecule has 1 unspecified atom stereocenters. The zero-order valence-corrected chi connectivity index (χ0v) is 23.2. The Morgan fingerprint density at radius 2 is 1.72 bits per heavy atom. The Kier molecular flexibility index (Phi) is 7.68. The normalized spacial score (nSPS) is 29.9. The zero-order valence-electron chi connectivity index (χ0n) is 21.6. The highest BCUT2D eigenvalue weighted by Gasteiger charge is 2.68. The molecule has 3 aliphatic rings. The summed E-state index contributed by atoms with van der Waals surface area (Å²) in [5, 5.41) is 23.3. The molecule has 2 aliphatic carbocycles. The molecule has 14 heteroatoms. The maximum absolute atomic E-state index is 12.3. The third kappa shape index (κ3) is 5.58. The molecule has 1 aliphatic heterocycles. The van der Waals surface area contributed by atoms with Crippen molar-refractivity contribution in [3.8, 4) is 5.75 Å². The Bertz CT molecular complexity index is 1430. The van der Waals surface area contributed by atoms with Gasteiger partial charge in [-0.05, 0) is 36.6 Å². The van der Waals surface area contributed by atoms with Crippen molar-refractivity contribution in [2.45, 2.75) is 62.1 Å². The smallest absolute Gasteiger partial charge is 0.265 e. The second-order valence-corrected chi connectivity index (χ2v) is 14.2. The van der Waals surface area contributed by atoms with Crippen LogP contribution in [0.5, 0.6) is 5.75 Å². The minimum absolute atomic E-state index is 0.00739. The van der Waals surface area contributed by atoms with E-state index in [2.05, 4.69) is 7.05 Å². The van der Waals surface area contributed by atoms with Crippen LogP contribution in [0.25, 0.3) is 0 Å². The molecule has 2 aromatic rings. The molecule has 1 aromatic heterocycles. The van der Waals surface area contributed by atoms with Crippen molar-refractivity contribution < 1.29 is 49.8 Å². The summed E-state index contributed by atoms with van der Waals surface area (Å²) in [6, 6.07) is 7.48. The molecule has 2 fully saturated rings. The van der Waals surface area contributed by atoms with Gasteiger partial charge in [0.15, 0.2) is 5.76 Å². The molecular weight excluding hydrogens is 552 g/mol. The molecule has 12 nitrogen and oxygen atoms in total. The van der Waals surface area contributed by atoms with Crippen molar-refractivity contribution in [3.05, 3.63) is 53.0 Å². The third-order valence-corrected chi connectivity index (χ3v) is 10.4. The van der Waals surface area contributed by atoms with Crippen molar-refractivity contribution in [2.24, 2.45) is 5.73 Å². The number of piperidine rings is 1. The van der Waals surface area contributed by atoms with E-state index in [0.29, 0.717) is 17.3 Å². The Morgan fingerprint density at radius 1 is 1.08 bits per heavy atom. The number of likely N-dealkylation sites (tertiary alicyclic amines) is 1. The maximum Gasteiger partial charge on any atom is 0.265 e. The van der Waals surface area contributed by atoms with Crippen LogP contribution in [0.2, 0.25) is 0 Å². The molecule has 39 heavy (non-hydrogen) atoms. The van der Waals surface area contributed by atoms with Crippen molar-refractivity contribution in [3.63, 3.8) is 0 Å². The lowest BCUT2D eigenvalue weighted by molar-refractivity contribution is -0.962. The molecule has 6 N–H and O–H groups in total. The third-order valence-electron chi connectivity index (χ3n) is 8.71. The van der Waals surface area contributed by atoms with Crippen LogP contribution >= 0.6 is 0 Å². The van der Waals surface area contributed by atoms with Crippen molar-refractivity contribution in [1.82, 2.24) is 0 Å². The first kappa shape index (κ1) is 29.5. The average Bonchev–Trinajstić information content (AvgIpc) is 3.32. The second kappa shape index (κ2) is 10.2. The minimum atomic E-state index is -4.30. The molecule has 0 radical (unpaired) electrons. The van der Waals surface area contributed by atoms with Gasteiger partial charge in [-0.2, -0.15) is 16.8 Å². The Hall–Kier alpha value is -2.49. The number of carbonyl (C=O) groups excluding carboxylic acids is 1. The molecule has 2 bridgehead atoms. The number of likely N-dealkylation sites (N-methyl/N-ethyl adjacent to an activating group) is 1. The fourth-order valence-electron chi connectivity index (χ4n) is 6.98. The van der Waals surface area contributed by atoms with Gasteiger partial charge in [-0.25, -0.2) is 0 Å². The molecule has 4 atom stereocenters. The van der Waals surface area contributed by atoms with Crippen LogP contribution in [-0.2, 0) is 38.6 Å². The number of carbonyl (C=O) groups is 1. The number of nitrogens with zero attached hydrogens (tertiary/aromatic N) is 1. The number of aliphatic hydroxyl groups is 1. The van der Waals surface area contributed by atoms with Crippen LogP contribution in [0.4, 0.5) is 0 Å². The van der Waals surface area contributed by atoms with Crippen LogP contribution in [0, 0.1) is 0 Å². The SMILES string of the molecule is C[N+]1(Cc2ccco2)CC[C@]23CCCC[C@@]2(O)[C@H]1Cc1ccc(C(N)=O)c(O)c13.O=S(=O)(O)CCS(=O)(=O)O. The van der Waals surface area contributed by atoms with Crippen molar-refractivity contribution in [1.29, 1.82) is 0 Å². The lowest BCUT2D eigenvalue weighted by atomic mass is 9.48. The van der Waals surface area contributed by atoms with Crippen molar-refractivity contribution in [2.75, 3.05) is 25.1 Å². The van der Waals surface area contributed by atoms with Gasteiger partial charge >= 0.3 is 0 Å². The largest absolute Gasteiger partial charge is 0.507 e. The molecule has 1 saturated carbocycles. The van der Waals surface area contributed by atoms with E-state index in [-0.39, 0.29) is 17.4 Å². The van der Waals surface area contributed by atoms with E-state index in [1.165, 1.54) is 0 Å². The molecule has 1 aromatic carbocycles. The summed E-state index contributed by atoms with van der Waals surface area (Å²) in [6.45, 7) is 1.62. The summed E-state index contributed by atoms with van der Waals surface area (Å²) in [4.78, 5) is 11.9. The van der Waals surface area contributed by atoms with Gasteiger partial charge in [-0.15, -0.1) is 0 Å². The minimum Gasteiger partial charge on any atom is -0.507 e. The van der Waals surface area contributed by atoms with Gasteiger partial charge in [0.25, 0.3) is 26.1 Å². The quantitative estimate of drug-likeness (QED) is 0.242. The van der Waals surface area contributed by atoms with Gasteiger partial charge in [0.1, 0.15) is 23.9 Å². The van der Waals surface area contributed by atoms with Gasteiger partial charge in [0, 0.05) is 23.8 Å². The number of aromatic hydroxyl groups is 1. The number of quaternary nitrogens is 1. The van der Waals surface area contributed by atoms with Gasteiger partial charge in [-0.1, -0.05) is 18.9 Å². The van der Waals surface area contributed by atoms with Gasteiger partial charge in [0.2, 0.25) is 0 Å². The number of nitrogens with two attached hydrogens (primary N) is 1. The van der Waals surface area contributed by atoms with Gasteiger partial charge in [-0.3, -0.25) is 13.9 Å². The second-order valence-electron chi connectivity index (χ2n) is 11.1. The predicted octanol–water partition coefficient (Wildman–Crippen LogP) is 1.36. The summed E-state index contributed by atoms with van der Waals surface area (Å²) >= 11 is 0. The highest BCUT2D eigenvalue weighted by molar-refractivity contribution is 7.89. The van der Waals surface area contributed by atoms with Gasteiger partial charge < -0.3 is 24.8 Å². The first-order valence-electron chi connectivity index (χ1n) is 12.7. The van der Waals surface area contributed by atoms with E-state index in [4.69, 9.17) is 19.3 Å². The highest BCUT2D eigenvalue weighted by Crippen LogP contribution is 2.61. The lowest BCUT2D eigenvalue weighted by Crippen LogP contribution is -2.77. The number of rotatable bonds is 6. The molecular formula is C25H35N2O10S2+. The summed E-state index contributed by atoms with van der Waals surface area (Å²) < 4.78 is 61.7. The number of phenols is 1. The number of hydrogen-bond acceptors (Lipinski definition) is 8. The van der Waals surface area contributed by atoms with Crippen LogP contribution in [0.15, 0.2) is 34.9 Å². The van der Waals surface area contributed by atoms with E-state index in [9.17, 15) is 31.8 Å². The molecule has 1 amide bonds. The monoisotopic (exact) mass is 587 g/mol. The first-order chi connectivity index (χ1) is 18.0. The topological polar surface area (TPSA) is 205 Å². The molecule has 216 valence electrons.